The van der Waals surface area contributed by atoms with Crippen LogP contribution in [0.15, 0.2) is 85.1 Å². The molecule has 0 bridgehead atoms. The van der Waals surface area contributed by atoms with Crippen molar-refractivity contribution in [2.24, 2.45) is 0 Å². The highest BCUT2D eigenvalue weighted by atomic mass is 16.5. The first-order valence-electron chi connectivity index (χ1n) is 25.8. The predicted octanol–water partition coefficient (Wildman–Crippen LogP) is 15.6. The van der Waals surface area contributed by atoms with Crippen molar-refractivity contribution in [3.63, 3.8) is 0 Å². The van der Waals surface area contributed by atoms with E-state index in [1.165, 1.54) is 116 Å². The number of carbonyl (C=O) groups is 2. The molecule has 356 valence electrons. The first-order chi connectivity index (χ1) is 30.5. The highest BCUT2D eigenvalue weighted by Crippen LogP contribution is 2.16. The van der Waals surface area contributed by atoms with E-state index in [-0.39, 0.29) is 31.3 Å². The zero-order valence-electron chi connectivity index (χ0n) is 40.5. The summed E-state index contributed by atoms with van der Waals surface area (Å²) in [7, 11) is 0. The number of carbonyl (C=O) groups excluding carboxylic acids is 2. The Morgan fingerprint density at radius 2 is 0.903 bits per heavy atom. The number of amides is 1. The number of aliphatic hydroxyl groups excluding tert-OH is 2. The standard InChI is InChI=1S/C56H97NO5/c1-4-7-10-13-16-19-22-24-26-27-29-31-34-37-40-43-46-49-56(61)62-52(47-44-41-38-35-32-21-18-15-12-9-6-3)50-55(60)57-53(51-58)54(59)48-45-42-39-36-33-30-28-25-23-20-17-14-11-8-5-2/h7,10,16,19,24,26,29,31,35,37-38,40,44,47,52-54,58-59H,4-6,8-9,11-15,17-18,20-23,25,27-28,30,32-34,36,39,41-43,45-46,48-51H2,1-3H3,(H,57,60)/b10-7-,19-16-,26-24-,31-29-,38-35-,40-37-,47-44+. The zero-order chi connectivity index (χ0) is 45.2. The van der Waals surface area contributed by atoms with Gasteiger partial charge >= 0.3 is 5.97 Å². The number of esters is 1. The molecular weight excluding hydrogens is 767 g/mol. The molecule has 0 aliphatic carbocycles. The fraction of sp³-hybridized carbons (Fsp3) is 0.714. The molecule has 0 fully saturated rings. The molecule has 1 amide bonds. The molecule has 0 saturated heterocycles. The number of aliphatic hydroxyl groups is 2. The van der Waals surface area contributed by atoms with Crippen LogP contribution in [0.3, 0.4) is 0 Å². The normalized spacial score (nSPS) is 14.0. The molecule has 0 spiro atoms. The van der Waals surface area contributed by atoms with Crippen molar-refractivity contribution in [3.8, 4) is 0 Å². The number of ether oxygens (including phenoxy) is 1. The van der Waals surface area contributed by atoms with E-state index in [9.17, 15) is 19.8 Å². The minimum atomic E-state index is -0.824. The van der Waals surface area contributed by atoms with Gasteiger partial charge in [0.1, 0.15) is 6.10 Å². The van der Waals surface area contributed by atoms with Crippen molar-refractivity contribution in [3.05, 3.63) is 85.1 Å². The van der Waals surface area contributed by atoms with E-state index >= 15 is 0 Å². The summed E-state index contributed by atoms with van der Waals surface area (Å²) in [5.74, 6) is -0.676. The van der Waals surface area contributed by atoms with E-state index in [0.29, 0.717) is 19.3 Å². The highest BCUT2D eigenvalue weighted by Gasteiger charge is 2.23. The molecule has 6 heteroatoms. The van der Waals surface area contributed by atoms with Crippen LogP contribution in [0.2, 0.25) is 0 Å². The van der Waals surface area contributed by atoms with Crippen molar-refractivity contribution in [1.82, 2.24) is 5.32 Å². The Kier molecular flexibility index (Phi) is 46.7. The Hall–Kier alpha value is -2.96. The topological polar surface area (TPSA) is 95.9 Å². The molecule has 0 aromatic heterocycles. The Bertz CT molecular complexity index is 1200. The SMILES string of the molecule is CC/C=C\C/C=C\C/C=C\C/C=C\C/C=C\CCCC(=O)OC(/C=C/C/C=C\CCCCCCCC)CC(=O)NC(CO)C(O)CCCCCCCCCCCCCCCCC. The van der Waals surface area contributed by atoms with Crippen LogP contribution in [0.25, 0.3) is 0 Å². The minimum Gasteiger partial charge on any atom is -0.458 e. The van der Waals surface area contributed by atoms with Gasteiger partial charge in [0.25, 0.3) is 0 Å². The van der Waals surface area contributed by atoms with E-state index in [2.05, 4.69) is 99.0 Å². The molecule has 0 heterocycles. The van der Waals surface area contributed by atoms with Gasteiger partial charge in [-0.2, -0.15) is 0 Å². The van der Waals surface area contributed by atoms with Crippen LogP contribution in [-0.4, -0.2) is 46.9 Å². The maximum Gasteiger partial charge on any atom is 0.306 e. The lowest BCUT2D eigenvalue weighted by molar-refractivity contribution is -0.148. The van der Waals surface area contributed by atoms with Crippen LogP contribution in [0.4, 0.5) is 0 Å². The largest absolute Gasteiger partial charge is 0.458 e. The van der Waals surface area contributed by atoms with Crippen LogP contribution < -0.4 is 5.32 Å². The van der Waals surface area contributed by atoms with E-state index in [1.54, 1.807) is 6.08 Å². The summed E-state index contributed by atoms with van der Waals surface area (Å²) >= 11 is 0. The molecule has 62 heavy (non-hydrogen) atoms. The van der Waals surface area contributed by atoms with Crippen molar-refractivity contribution in [1.29, 1.82) is 0 Å². The molecular formula is C56H97NO5. The van der Waals surface area contributed by atoms with Crippen LogP contribution in [0.5, 0.6) is 0 Å². The van der Waals surface area contributed by atoms with Crippen LogP contribution >= 0.6 is 0 Å². The number of rotatable bonds is 45. The number of allylic oxidation sites excluding steroid dienone is 13. The van der Waals surface area contributed by atoms with Gasteiger partial charge in [-0.15, -0.1) is 0 Å². The third kappa shape index (κ3) is 43.7. The van der Waals surface area contributed by atoms with Gasteiger partial charge in [-0.05, 0) is 76.7 Å². The van der Waals surface area contributed by atoms with Gasteiger partial charge in [0.2, 0.25) is 5.91 Å². The molecule has 0 rings (SSSR count). The maximum atomic E-state index is 13.2. The van der Waals surface area contributed by atoms with Crippen LogP contribution in [0.1, 0.15) is 233 Å². The molecule has 0 saturated carbocycles. The van der Waals surface area contributed by atoms with Gasteiger partial charge in [-0.3, -0.25) is 9.59 Å². The summed E-state index contributed by atoms with van der Waals surface area (Å²) < 4.78 is 5.79. The van der Waals surface area contributed by atoms with E-state index in [0.717, 1.165) is 64.2 Å². The second kappa shape index (κ2) is 49.1. The van der Waals surface area contributed by atoms with Crippen LogP contribution in [-0.2, 0) is 14.3 Å². The monoisotopic (exact) mass is 864 g/mol. The average Bonchev–Trinajstić information content (AvgIpc) is 3.26. The predicted molar refractivity (Wildman–Crippen MR) is 268 cm³/mol. The summed E-state index contributed by atoms with van der Waals surface area (Å²) in [6, 6.07) is -0.747. The molecule has 3 unspecified atom stereocenters. The summed E-state index contributed by atoms with van der Waals surface area (Å²) in [5, 5.41) is 23.7. The van der Waals surface area contributed by atoms with Crippen LogP contribution in [0, 0.1) is 0 Å². The summed E-state index contributed by atoms with van der Waals surface area (Å²) in [6.45, 7) is 6.31. The molecule has 0 radical (unpaired) electrons. The van der Waals surface area contributed by atoms with E-state index in [1.807, 2.05) is 6.08 Å². The third-order valence-corrected chi connectivity index (χ3v) is 11.2. The van der Waals surface area contributed by atoms with E-state index < -0.39 is 18.2 Å². The summed E-state index contributed by atoms with van der Waals surface area (Å²) in [5.41, 5.74) is 0. The quantitative estimate of drug-likeness (QED) is 0.0322. The lowest BCUT2D eigenvalue weighted by Gasteiger charge is -2.23. The first kappa shape index (κ1) is 59.0. The number of hydrogen-bond acceptors (Lipinski definition) is 5. The zero-order valence-corrected chi connectivity index (χ0v) is 40.5. The first-order valence-corrected chi connectivity index (χ1v) is 25.8. The molecule has 3 atom stereocenters. The molecule has 0 aromatic carbocycles. The van der Waals surface area contributed by atoms with Gasteiger partial charge in [-0.25, -0.2) is 0 Å². The summed E-state index contributed by atoms with van der Waals surface area (Å²) in [6.07, 6.45) is 63.9. The van der Waals surface area contributed by atoms with Crippen molar-refractivity contribution < 1.29 is 24.5 Å². The number of nitrogens with one attached hydrogen (secondary N) is 1. The minimum absolute atomic E-state index is 0.0549. The van der Waals surface area contributed by atoms with Gasteiger partial charge in [0.15, 0.2) is 0 Å². The number of hydrogen-bond donors (Lipinski definition) is 3. The third-order valence-electron chi connectivity index (χ3n) is 11.2. The van der Waals surface area contributed by atoms with E-state index in [4.69, 9.17) is 4.74 Å². The maximum absolute atomic E-state index is 13.2. The Balaban J connectivity index is 4.69. The fourth-order valence-electron chi connectivity index (χ4n) is 7.31. The van der Waals surface area contributed by atoms with Gasteiger partial charge in [0, 0.05) is 6.42 Å². The fourth-order valence-corrected chi connectivity index (χ4v) is 7.31. The van der Waals surface area contributed by atoms with Gasteiger partial charge in [0.05, 0.1) is 25.2 Å². The molecule has 6 nitrogen and oxygen atoms in total. The molecule has 3 N–H and O–H groups in total. The lowest BCUT2D eigenvalue weighted by atomic mass is 10.0. The Morgan fingerprint density at radius 3 is 1.37 bits per heavy atom. The van der Waals surface area contributed by atoms with Gasteiger partial charge in [-0.1, -0.05) is 228 Å². The lowest BCUT2D eigenvalue weighted by Crippen LogP contribution is -2.46. The molecule has 0 aliphatic rings. The molecule has 0 aliphatic heterocycles. The second-order valence-corrected chi connectivity index (χ2v) is 17.2. The summed E-state index contributed by atoms with van der Waals surface area (Å²) in [4.78, 5) is 26.0. The van der Waals surface area contributed by atoms with Crippen molar-refractivity contribution >= 4 is 11.9 Å². The average molecular weight is 864 g/mol. The van der Waals surface area contributed by atoms with Crippen molar-refractivity contribution in [2.75, 3.05) is 6.61 Å². The number of unbranched alkanes of at least 4 members (excludes halogenated alkanes) is 21. The van der Waals surface area contributed by atoms with Crippen molar-refractivity contribution in [2.45, 2.75) is 251 Å². The molecule has 0 aromatic rings. The Labute approximate surface area is 383 Å². The Morgan fingerprint density at radius 1 is 0.500 bits per heavy atom. The smallest absolute Gasteiger partial charge is 0.306 e. The highest BCUT2D eigenvalue weighted by molar-refractivity contribution is 5.78. The van der Waals surface area contributed by atoms with Gasteiger partial charge < -0.3 is 20.3 Å². The second-order valence-electron chi connectivity index (χ2n) is 17.2.